The normalized spacial score (nSPS) is 22.5. The molecule has 0 aromatic heterocycles. The van der Waals surface area contributed by atoms with E-state index in [1.165, 1.54) is 18.4 Å². The minimum absolute atomic E-state index is 0.00394. The molecule has 4 nitrogen and oxygen atoms in total. The van der Waals surface area contributed by atoms with Gasteiger partial charge in [-0.1, -0.05) is 25.0 Å². The molecule has 1 aromatic carbocycles. The zero-order valence-corrected chi connectivity index (χ0v) is 14.2. The zero-order valence-electron chi connectivity index (χ0n) is 13.4. The van der Waals surface area contributed by atoms with E-state index in [0.29, 0.717) is 13.0 Å². The lowest BCUT2D eigenvalue weighted by Crippen LogP contribution is -2.46. The molecule has 2 rings (SSSR count). The molecule has 0 amide bonds. The minimum atomic E-state index is -3.08. The highest BCUT2D eigenvalue weighted by molar-refractivity contribution is 7.91. The van der Waals surface area contributed by atoms with E-state index in [1.807, 2.05) is 11.9 Å². The molecule has 130 valence electrons. The van der Waals surface area contributed by atoms with Crippen LogP contribution in [0.5, 0.6) is 5.75 Å². The van der Waals surface area contributed by atoms with Crippen LogP contribution in [0.4, 0.5) is 8.78 Å². The predicted molar refractivity (Wildman–Crippen MR) is 85.4 cm³/mol. The maximum atomic E-state index is 12.1. The Labute approximate surface area is 136 Å². The first-order valence-electron chi connectivity index (χ1n) is 7.70. The third-order valence-corrected chi connectivity index (χ3v) is 6.01. The Morgan fingerprint density at radius 3 is 2.39 bits per heavy atom. The second kappa shape index (κ2) is 7.57. The second-order valence-corrected chi connectivity index (χ2v) is 8.42. The van der Waals surface area contributed by atoms with E-state index in [2.05, 4.69) is 4.74 Å². The largest absolute Gasteiger partial charge is 0.435 e. The van der Waals surface area contributed by atoms with Crippen LogP contribution in [-0.2, 0) is 16.4 Å². The van der Waals surface area contributed by atoms with Crippen molar-refractivity contribution in [3.8, 4) is 5.75 Å². The fourth-order valence-electron chi connectivity index (χ4n) is 3.26. The number of alkyl halides is 2. The summed E-state index contributed by atoms with van der Waals surface area (Å²) < 4.78 is 52.6. The highest BCUT2D eigenvalue weighted by atomic mass is 32.2. The van der Waals surface area contributed by atoms with Gasteiger partial charge in [-0.2, -0.15) is 8.78 Å². The maximum absolute atomic E-state index is 12.1. The number of rotatable bonds is 6. The van der Waals surface area contributed by atoms with Crippen molar-refractivity contribution in [3.05, 3.63) is 29.8 Å². The monoisotopic (exact) mass is 347 g/mol. The van der Waals surface area contributed by atoms with E-state index < -0.39 is 16.4 Å². The van der Waals surface area contributed by atoms with E-state index >= 15 is 0 Å². The van der Waals surface area contributed by atoms with Crippen LogP contribution in [0.1, 0.15) is 31.2 Å². The quantitative estimate of drug-likeness (QED) is 0.793. The van der Waals surface area contributed by atoms with Crippen LogP contribution in [-0.4, -0.2) is 44.5 Å². The standard InChI is InChI=1S/C16H23F2NO3S/c1-19(14-5-3-4-6-15(14)23(2,20)21)11-12-7-9-13(10-8-12)22-16(17)18/h7-10,14-16H,3-6,11H2,1-2H3/t14-,15+/m1/s1. The lowest BCUT2D eigenvalue weighted by molar-refractivity contribution is -0.0498. The van der Waals surface area contributed by atoms with Gasteiger partial charge < -0.3 is 4.74 Å². The van der Waals surface area contributed by atoms with Gasteiger partial charge in [-0.3, -0.25) is 4.90 Å². The van der Waals surface area contributed by atoms with Gasteiger partial charge >= 0.3 is 6.61 Å². The zero-order chi connectivity index (χ0) is 17.0. The van der Waals surface area contributed by atoms with Gasteiger partial charge in [-0.05, 0) is 37.6 Å². The Hall–Kier alpha value is -1.21. The molecule has 1 fully saturated rings. The van der Waals surface area contributed by atoms with Crippen LogP contribution in [0, 0.1) is 0 Å². The first-order chi connectivity index (χ1) is 10.8. The third-order valence-electron chi connectivity index (χ3n) is 4.36. The summed E-state index contributed by atoms with van der Waals surface area (Å²) in [5.41, 5.74) is 0.937. The highest BCUT2D eigenvalue weighted by Gasteiger charge is 2.34. The summed E-state index contributed by atoms with van der Waals surface area (Å²) in [5, 5.41) is -0.331. The molecule has 1 saturated carbocycles. The SMILES string of the molecule is CN(Cc1ccc(OC(F)F)cc1)[C@@H]1CCCC[C@@H]1S(C)(=O)=O. The molecule has 23 heavy (non-hydrogen) atoms. The molecule has 0 aliphatic heterocycles. The summed E-state index contributed by atoms with van der Waals surface area (Å²) in [7, 11) is -1.16. The Morgan fingerprint density at radius 1 is 1.22 bits per heavy atom. The first kappa shape index (κ1) is 18.1. The summed E-state index contributed by atoms with van der Waals surface area (Å²) in [6.07, 6.45) is 4.85. The van der Waals surface area contributed by atoms with Crippen LogP contribution < -0.4 is 4.74 Å². The number of sulfone groups is 1. The molecule has 1 aliphatic rings. The van der Waals surface area contributed by atoms with Crippen molar-refractivity contribution in [2.24, 2.45) is 0 Å². The van der Waals surface area contributed by atoms with Gasteiger partial charge in [-0.15, -0.1) is 0 Å². The number of hydrogen-bond acceptors (Lipinski definition) is 4. The van der Waals surface area contributed by atoms with Gasteiger partial charge in [0.25, 0.3) is 0 Å². The van der Waals surface area contributed by atoms with Gasteiger partial charge in [0.1, 0.15) is 5.75 Å². The van der Waals surface area contributed by atoms with Crippen LogP contribution >= 0.6 is 0 Å². The molecule has 0 bridgehead atoms. The minimum Gasteiger partial charge on any atom is -0.435 e. The Bertz CT molecular complexity index is 604. The van der Waals surface area contributed by atoms with Gasteiger partial charge in [0, 0.05) is 18.8 Å². The van der Waals surface area contributed by atoms with Gasteiger partial charge in [0.05, 0.1) is 5.25 Å². The summed E-state index contributed by atoms with van der Waals surface area (Å²) in [6.45, 7) is -2.26. The van der Waals surface area contributed by atoms with E-state index in [-0.39, 0.29) is 17.0 Å². The van der Waals surface area contributed by atoms with Crippen LogP contribution in [0.3, 0.4) is 0 Å². The number of benzene rings is 1. The lowest BCUT2D eigenvalue weighted by Gasteiger charge is -2.37. The number of hydrogen-bond donors (Lipinski definition) is 0. The third kappa shape index (κ3) is 5.14. The smallest absolute Gasteiger partial charge is 0.387 e. The molecule has 7 heteroatoms. The van der Waals surface area contributed by atoms with Crippen LogP contribution in [0.25, 0.3) is 0 Å². The van der Waals surface area contributed by atoms with Crippen molar-refractivity contribution < 1.29 is 21.9 Å². The summed E-state index contributed by atoms with van der Waals surface area (Å²) in [5.74, 6) is 0.123. The van der Waals surface area contributed by atoms with Gasteiger partial charge in [0.2, 0.25) is 0 Å². The Balaban J connectivity index is 2.03. The lowest BCUT2D eigenvalue weighted by atomic mass is 9.93. The number of nitrogens with zero attached hydrogens (tertiary/aromatic N) is 1. The highest BCUT2D eigenvalue weighted by Crippen LogP contribution is 2.28. The van der Waals surface area contributed by atoms with Gasteiger partial charge in [-0.25, -0.2) is 8.42 Å². The fourth-order valence-corrected chi connectivity index (χ4v) is 4.77. The molecule has 0 unspecified atom stereocenters. The van der Waals surface area contributed by atoms with E-state index in [1.54, 1.807) is 12.1 Å². The molecule has 0 saturated heterocycles. The molecule has 1 aliphatic carbocycles. The fraction of sp³-hybridized carbons (Fsp3) is 0.625. The van der Waals surface area contributed by atoms with E-state index in [4.69, 9.17) is 0 Å². The molecule has 0 radical (unpaired) electrons. The van der Waals surface area contributed by atoms with Gasteiger partial charge in [0.15, 0.2) is 9.84 Å². The summed E-state index contributed by atoms with van der Waals surface area (Å²) in [4.78, 5) is 2.05. The predicted octanol–water partition coefficient (Wildman–Crippen LogP) is 3.08. The topological polar surface area (TPSA) is 46.6 Å². The molecule has 2 atom stereocenters. The Kier molecular flexibility index (Phi) is 5.97. The van der Waals surface area contributed by atoms with E-state index in [0.717, 1.165) is 24.8 Å². The van der Waals surface area contributed by atoms with Crippen LogP contribution in [0.15, 0.2) is 24.3 Å². The molecule has 0 spiro atoms. The number of ether oxygens (including phenoxy) is 1. The van der Waals surface area contributed by atoms with Crippen molar-refractivity contribution >= 4 is 9.84 Å². The van der Waals surface area contributed by atoms with Crippen molar-refractivity contribution in [1.82, 2.24) is 4.90 Å². The first-order valence-corrected chi connectivity index (χ1v) is 9.65. The maximum Gasteiger partial charge on any atom is 0.387 e. The Morgan fingerprint density at radius 2 is 1.83 bits per heavy atom. The molecular weight excluding hydrogens is 324 g/mol. The average molecular weight is 347 g/mol. The molecule has 0 N–H and O–H groups in total. The molecule has 0 heterocycles. The second-order valence-electron chi connectivity index (χ2n) is 6.16. The summed E-state index contributed by atoms with van der Waals surface area (Å²) in [6, 6.07) is 6.46. The van der Waals surface area contributed by atoms with Crippen LogP contribution in [0.2, 0.25) is 0 Å². The van der Waals surface area contributed by atoms with E-state index in [9.17, 15) is 17.2 Å². The van der Waals surface area contributed by atoms with Crippen molar-refractivity contribution in [1.29, 1.82) is 0 Å². The molecule has 1 aromatic rings. The van der Waals surface area contributed by atoms with Crippen molar-refractivity contribution in [2.75, 3.05) is 13.3 Å². The van der Waals surface area contributed by atoms with Crippen molar-refractivity contribution in [3.63, 3.8) is 0 Å². The summed E-state index contributed by atoms with van der Waals surface area (Å²) >= 11 is 0. The average Bonchev–Trinajstić information content (AvgIpc) is 2.48. The molecular formula is C16H23F2NO3S. The number of halogens is 2. The van der Waals surface area contributed by atoms with Crippen molar-refractivity contribution in [2.45, 2.75) is 50.1 Å².